The molecule has 7 nitrogen and oxygen atoms in total. The average molecular weight is 475 g/mol. The van der Waals surface area contributed by atoms with Crippen molar-refractivity contribution >= 4 is 29.9 Å². The van der Waals surface area contributed by atoms with E-state index < -0.39 is 0 Å². The van der Waals surface area contributed by atoms with E-state index in [4.69, 9.17) is 15.2 Å². The van der Waals surface area contributed by atoms with Crippen molar-refractivity contribution < 1.29 is 9.47 Å². The van der Waals surface area contributed by atoms with Gasteiger partial charge in [0.15, 0.2) is 5.96 Å². The van der Waals surface area contributed by atoms with Crippen LogP contribution >= 0.6 is 24.0 Å². The van der Waals surface area contributed by atoms with Crippen LogP contribution < -0.4 is 15.8 Å². The van der Waals surface area contributed by atoms with Crippen molar-refractivity contribution in [3.8, 4) is 5.88 Å². The van der Waals surface area contributed by atoms with Gasteiger partial charge in [-0.1, -0.05) is 6.92 Å². The number of nitrogens with two attached hydrogens (primary N) is 1. The molecular weight excluding hydrogens is 445 g/mol. The van der Waals surface area contributed by atoms with Gasteiger partial charge in [-0.2, -0.15) is 0 Å². The third-order valence-corrected chi connectivity index (χ3v) is 4.83. The zero-order valence-electron chi connectivity index (χ0n) is 15.4. The average Bonchev–Trinajstić information content (AvgIpc) is 3.29. The largest absolute Gasteiger partial charge is 0.472 e. The molecule has 1 aromatic heterocycles. The second kappa shape index (κ2) is 10.9. The van der Waals surface area contributed by atoms with Gasteiger partial charge in [0, 0.05) is 31.3 Å². The molecule has 3 N–H and O–H groups in total. The van der Waals surface area contributed by atoms with Crippen LogP contribution in [0.25, 0.3) is 0 Å². The molecule has 2 aliphatic heterocycles. The molecule has 0 amide bonds. The van der Waals surface area contributed by atoms with Gasteiger partial charge in [-0.05, 0) is 37.6 Å². The predicted octanol–water partition coefficient (Wildman–Crippen LogP) is 1.76. The number of halogens is 1. The minimum atomic E-state index is 0. The summed E-state index contributed by atoms with van der Waals surface area (Å²) in [5.74, 6) is 1.12. The molecule has 8 heteroatoms. The Morgan fingerprint density at radius 2 is 2.38 bits per heavy atom. The number of pyridine rings is 1. The molecule has 2 aliphatic rings. The van der Waals surface area contributed by atoms with E-state index in [0.717, 1.165) is 31.7 Å². The molecule has 0 aliphatic carbocycles. The summed E-state index contributed by atoms with van der Waals surface area (Å²) in [5, 5.41) is 3.26. The van der Waals surface area contributed by atoms with E-state index in [1.54, 1.807) is 6.20 Å². The monoisotopic (exact) mass is 475 g/mol. The Hall–Kier alpha value is -1.13. The number of hydrogen-bond acceptors (Lipinski definition) is 5. The highest BCUT2D eigenvalue weighted by Crippen LogP contribution is 2.17. The smallest absolute Gasteiger partial charge is 0.213 e. The molecule has 2 fully saturated rings. The molecule has 0 bridgehead atoms. The summed E-state index contributed by atoms with van der Waals surface area (Å²) in [5.41, 5.74) is 7.05. The standard InChI is InChI=1S/C18H29N5O2.HI/c1-2-23-8-3-4-15(23)12-22-18(19)21-11-14-5-7-20-17(10-14)25-16-6-9-24-13-16;/h5,7,10,15-16H,2-4,6,8-9,11-13H2,1H3,(H3,19,21,22);1H. The van der Waals surface area contributed by atoms with Gasteiger partial charge >= 0.3 is 0 Å². The number of likely N-dealkylation sites (tertiary alicyclic amines) is 1. The van der Waals surface area contributed by atoms with E-state index in [1.165, 1.54) is 19.4 Å². The molecule has 26 heavy (non-hydrogen) atoms. The highest BCUT2D eigenvalue weighted by Gasteiger charge is 2.22. The van der Waals surface area contributed by atoms with Gasteiger partial charge in [0.25, 0.3) is 0 Å². The predicted molar refractivity (Wildman–Crippen MR) is 113 cm³/mol. The van der Waals surface area contributed by atoms with Crippen molar-refractivity contribution in [3.63, 3.8) is 0 Å². The minimum Gasteiger partial charge on any atom is -0.472 e. The number of likely N-dealkylation sites (N-methyl/N-ethyl adjacent to an activating group) is 1. The van der Waals surface area contributed by atoms with E-state index >= 15 is 0 Å². The summed E-state index contributed by atoms with van der Waals surface area (Å²) in [6, 6.07) is 4.42. The van der Waals surface area contributed by atoms with Gasteiger partial charge in [-0.15, -0.1) is 24.0 Å². The highest BCUT2D eigenvalue weighted by molar-refractivity contribution is 14.0. The first-order valence-corrected chi connectivity index (χ1v) is 9.21. The number of rotatable bonds is 7. The van der Waals surface area contributed by atoms with Crippen LogP contribution in [-0.4, -0.2) is 60.8 Å². The third-order valence-electron chi connectivity index (χ3n) is 4.83. The van der Waals surface area contributed by atoms with Crippen LogP contribution in [0.3, 0.4) is 0 Å². The lowest BCUT2D eigenvalue weighted by Crippen LogP contribution is -2.42. The fourth-order valence-corrected chi connectivity index (χ4v) is 3.39. The van der Waals surface area contributed by atoms with Gasteiger partial charge < -0.3 is 20.5 Å². The van der Waals surface area contributed by atoms with E-state index in [2.05, 4.69) is 27.1 Å². The fraction of sp³-hybridized carbons (Fsp3) is 0.667. The topological polar surface area (TPSA) is 85.0 Å². The maximum atomic E-state index is 6.01. The first-order chi connectivity index (χ1) is 12.2. The maximum absolute atomic E-state index is 6.01. The summed E-state index contributed by atoms with van der Waals surface area (Å²) in [6.45, 7) is 7.25. The molecule has 2 atom stereocenters. The minimum absolute atomic E-state index is 0. The van der Waals surface area contributed by atoms with E-state index in [-0.39, 0.29) is 30.1 Å². The van der Waals surface area contributed by atoms with Crippen LogP contribution in [0.15, 0.2) is 23.3 Å². The maximum Gasteiger partial charge on any atom is 0.213 e. The molecule has 146 valence electrons. The van der Waals surface area contributed by atoms with Crippen molar-refractivity contribution in [2.24, 2.45) is 10.7 Å². The SMILES string of the molecule is CCN1CCCC1CNC(N)=NCc1ccnc(OC2CCOC2)c1.I. The molecule has 2 unspecified atom stereocenters. The molecule has 3 heterocycles. The van der Waals surface area contributed by atoms with Crippen LogP contribution in [0.1, 0.15) is 31.7 Å². The number of nitrogens with one attached hydrogen (secondary N) is 1. The Morgan fingerprint density at radius 3 is 3.15 bits per heavy atom. The third kappa shape index (κ3) is 6.24. The summed E-state index contributed by atoms with van der Waals surface area (Å²) < 4.78 is 11.1. The normalized spacial score (nSPS) is 23.7. The molecule has 3 rings (SSSR count). The van der Waals surface area contributed by atoms with Crippen LogP contribution in [0.5, 0.6) is 5.88 Å². The summed E-state index contributed by atoms with van der Waals surface area (Å²) in [4.78, 5) is 11.2. The Labute approximate surface area is 172 Å². The second-order valence-corrected chi connectivity index (χ2v) is 6.61. The fourth-order valence-electron chi connectivity index (χ4n) is 3.39. The number of ether oxygens (including phenoxy) is 2. The number of aliphatic imine (C=N–C) groups is 1. The molecule has 0 radical (unpaired) electrons. The molecular formula is C18H30IN5O2. The zero-order chi connectivity index (χ0) is 17.5. The van der Waals surface area contributed by atoms with Crippen molar-refractivity contribution in [2.45, 2.75) is 44.9 Å². The van der Waals surface area contributed by atoms with Gasteiger partial charge in [0.2, 0.25) is 5.88 Å². The lowest BCUT2D eigenvalue weighted by Gasteiger charge is -2.23. The Balaban J connectivity index is 0.00000243. The van der Waals surface area contributed by atoms with Crippen LogP contribution in [0.2, 0.25) is 0 Å². The van der Waals surface area contributed by atoms with Gasteiger partial charge in [0.1, 0.15) is 6.10 Å². The van der Waals surface area contributed by atoms with Crippen molar-refractivity contribution in [1.29, 1.82) is 0 Å². The Morgan fingerprint density at radius 1 is 1.50 bits per heavy atom. The number of nitrogens with zero attached hydrogens (tertiary/aromatic N) is 3. The van der Waals surface area contributed by atoms with Crippen molar-refractivity contribution in [2.75, 3.05) is 32.8 Å². The van der Waals surface area contributed by atoms with Crippen LogP contribution in [-0.2, 0) is 11.3 Å². The zero-order valence-corrected chi connectivity index (χ0v) is 17.7. The molecule has 2 saturated heterocycles. The van der Waals surface area contributed by atoms with Gasteiger partial charge in [0.05, 0.1) is 19.8 Å². The van der Waals surface area contributed by atoms with Gasteiger partial charge in [-0.25, -0.2) is 9.98 Å². The van der Waals surface area contributed by atoms with Crippen molar-refractivity contribution in [1.82, 2.24) is 15.2 Å². The number of aromatic nitrogens is 1. The van der Waals surface area contributed by atoms with Crippen LogP contribution in [0.4, 0.5) is 0 Å². The summed E-state index contributed by atoms with van der Waals surface area (Å²) in [7, 11) is 0. The Bertz CT molecular complexity index is 580. The molecule has 0 saturated carbocycles. The number of hydrogen-bond donors (Lipinski definition) is 2. The highest BCUT2D eigenvalue weighted by atomic mass is 127. The summed E-state index contributed by atoms with van der Waals surface area (Å²) in [6.07, 6.45) is 5.26. The Kier molecular flexibility index (Phi) is 8.86. The first-order valence-electron chi connectivity index (χ1n) is 9.21. The molecule has 0 aromatic carbocycles. The van der Waals surface area contributed by atoms with E-state index in [9.17, 15) is 0 Å². The first kappa shape index (κ1) is 21.2. The van der Waals surface area contributed by atoms with Crippen LogP contribution in [0, 0.1) is 0 Å². The van der Waals surface area contributed by atoms with E-state index in [1.807, 2.05) is 12.1 Å². The van der Waals surface area contributed by atoms with Gasteiger partial charge in [-0.3, -0.25) is 4.90 Å². The number of guanidine groups is 1. The van der Waals surface area contributed by atoms with Crippen molar-refractivity contribution in [3.05, 3.63) is 23.9 Å². The molecule has 1 aromatic rings. The lowest BCUT2D eigenvalue weighted by molar-refractivity contribution is 0.138. The quantitative estimate of drug-likeness (QED) is 0.355. The lowest BCUT2D eigenvalue weighted by atomic mass is 10.2. The second-order valence-electron chi connectivity index (χ2n) is 6.61. The van der Waals surface area contributed by atoms with E-state index in [0.29, 0.717) is 31.0 Å². The summed E-state index contributed by atoms with van der Waals surface area (Å²) >= 11 is 0. The molecule has 0 spiro atoms.